The van der Waals surface area contributed by atoms with Crippen LogP contribution in [-0.4, -0.2) is 43.7 Å². The van der Waals surface area contributed by atoms with Gasteiger partial charge in [-0.2, -0.15) is 0 Å². The molecule has 1 aromatic carbocycles. The van der Waals surface area contributed by atoms with E-state index in [0.717, 1.165) is 36.9 Å². The molecule has 3 nitrogen and oxygen atoms in total. The van der Waals surface area contributed by atoms with Crippen molar-refractivity contribution in [3.8, 4) is 0 Å². The maximum absolute atomic E-state index is 6.15. The van der Waals surface area contributed by atoms with Gasteiger partial charge in [0.05, 0.1) is 0 Å². The highest BCUT2D eigenvalue weighted by atomic mass is 79.9. The first kappa shape index (κ1) is 15.8. The maximum Gasteiger partial charge on any atom is 0.0411 e. The van der Waals surface area contributed by atoms with Crippen LogP contribution in [0.5, 0.6) is 0 Å². The zero-order valence-corrected chi connectivity index (χ0v) is 14.4. The molecule has 1 aromatic rings. The average molecular weight is 340 g/mol. The predicted octanol–water partition coefficient (Wildman–Crippen LogP) is 2.87. The molecule has 1 heterocycles. The van der Waals surface area contributed by atoms with Gasteiger partial charge in [-0.05, 0) is 44.5 Å². The van der Waals surface area contributed by atoms with Gasteiger partial charge < -0.3 is 15.5 Å². The van der Waals surface area contributed by atoms with Crippen molar-refractivity contribution >= 4 is 21.6 Å². The SMILES string of the molecule is CCC(N)Cc1ccc(Br)cc1N1CCN(C)C(C)C1. The fourth-order valence-electron chi connectivity index (χ4n) is 2.70. The van der Waals surface area contributed by atoms with Gasteiger partial charge in [-0.1, -0.05) is 28.9 Å². The van der Waals surface area contributed by atoms with Crippen LogP contribution in [0.15, 0.2) is 22.7 Å². The molecule has 2 rings (SSSR count). The summed E-state index contributed by atoms with van der Waals surface area (Å²) in [7, 11) is 2.21. The molecule has 4 heteroatoms. The van der Waals surface area contributed by atoms with Crippen LogP contribution in [0.3, 0.4) is 0 Å². The average Bonchev–Trinajstić information content (AvgIpc) is 2.43. The number of anilines is 1. The first-order valence-electron chi connectivity index (χ1n) is 7.50. The molecule has 2 unspecified atom stereocenters. The van der Waals surface area contributed by atoms with Crippen LogP contribution in [0.1, 0.15) is 25.8 Å². The van der Waals surface area contributed by atoms with Gasteiger partial charge in [0.25, 0.3) is 0 Å². The summed E-state index contributed by atoms with van der Waals surface area (Å²) in [5.41, 5.74) is 8.88. The lowest BCUT2D eigenvalue weighted by Gasteiger charge is -2.40. The van der Waals surface area contributed by atoms with Crippen LogP contribution < -0.4 is 10.6 Å². The highest BCUT2D eigenvalue weighted by Gasteiger charge is 2.22. The number of benzene rings is 1. The van der Waals surface area contributed by atoms with E-state index in [9.17, 15) is 0 Å². The zero-order chi connectivity index (χ0) is 14.7. The Labute approximate surface area is 131 Å². The van der Waals surface area contributed by atoms with E-state index >= 15 is 0 Å². The molecule has 0 aromatic heterocycles. The minimum absolute atomic E-state index is 0.250. The number of rotatable bonds is 4. The Morgan fingerprint density at radius 3 is 2.80 bits per heavy atom. The Balaban J connectivity index is 2.22. The lowest BCUT2D eigenvalue weighted by molar-refractivity contribution is 0.234. The number of hydrogen-bond donors (Lipinski definition) is 1. The number of hydrogen-bond acceptors (Lipinski definition) is 3. The molecule has 1 fully saturated rings. The third kappa shape index (κ3) is 3.74. The summed E-state index contributed by atoms with van der Waals surface area (Å²) in [6, 6.07) is 7.43. The second-order valence-corrected chi connectivity index (χ2v) is 6.84. The van der Waals surface area contributed by atoms with Crippen molar-refractivity contribution in [1.29, 1.82) is 0 Å². The molecule has 0 radical (unpaired) electrons. The zero-order valence-electron chi connectivity index (χ0n) is 12.8. The molecule has 1 aliphatic heterocycles. The maximum atomic E-state index is 6.15. The highest BCUT2D eigenvalue weighted by Crippen LogP contribution is 2.28. The van der Waals surface area contributed by atoms with Gasteiger partial charge in [0, 0.05) is 41.9 Å². The van der Waals surface area contributed by atoms with Crippen LogP contribution in [0.4, 0.5) is 5.69 Å². The van der Waals surface area contributed by atoms with Crippen molar-refractivity contribution in [3.63, 3.8) is 0 Å². The first-order chi connectivity index (χ1) is 9.51. The van der Waals surface area contributed by atoms with Crippen LogP contribution in [0.25, 0.3) is 0 Å². The van der Waals surface area contributed by atoms with E-state index in [1.54, 1.807) is 0 Å². The largest absolute Gasteiger partial charge is 0.368 e. The Morgan fingerprint density at radius 1 is 1.40 bits per heavy atom. The normalized spacial score (nSPS) is 22.1. The Bertz CT molecular complexity index is 449. The summed E-state index contributed by atoms with van der Waals surface area (Å²) < 4.78 is 1.15. The van der Waals surface area contributed by atoms with E-state index in [2.05, 4.69) is 64.8 Å². The molecule has 0 bridgehead atoms. The third-order valence-corrected chi connectivity index (χ3v) is 4.85. The summed E-state index contributed by atoms with van der Waals surface area (Å²) in [5.74, 6) is 0. The second-order valence-electron chi connectivity index (χ2n) is 5.92. The van der Waals surface area contributed by atoms with E-state index < -0.39 is 0 Å². The number of halogens is 1. The van der Waals surface area contributed by atoms with E-state index in [-0.39, 0.29) is 6.04 Å². The van der Waals surface area contributed by atoms with Gasteiger partial charge in [0.1, 0.15) is 0 Å². The molecule has 1 saturated heterocycles. The molecular formula is C16H26BrN3. The van der Waals surface area contributed by atoms with E-state index in [0.29, 0.717) is 6.04 Å². The molecular weight excluding hydrogens is 314 g/mol. The van der Waals surface area contributed by atoms with Gasteiger partial charge in [-0.25, -0.2) is 0 Å². The van der Waals surface area contributed by atoms with E-state index in [1.807, 2.05) is 0 Å². The second kappa shape index (κ2) is 6.92. The highest BCUT2D eigenvalue weighted by molar-refractivity contribution is 9.10. The molecule has 0 amide bonds. The van der Waals surface area contributed by atoms with Crippen molar-refractivity contribution < 1.29 is 0 Å². The lowest BCUT2D eigenvalue weighted by Crippen LogP contribution is -2.50. The van der Waals surface area contributed by atoms with Crippen molar-refractivity contribution in [2.75, 3.05) is 31.6 Å². The lowest BCUT2D eigenvalue weighted by atomic mass is 10.0. The quantitative estimate of drug-likeness (QED) is 0.915. The minimum atomic E-state index is 0.250. The van der Waals surface area contributed by atoms with E-state index in [1.165, 1.54) is 11.3 Å². The molecule has 1 aliphatic rings. The molecule has 0 saturated carbocycles. The first-order valence-corrected chi connectivity index (χ1v) is 8.29. The van der Waals surface area contributed by atoms with Crippen LogP contribution in [0.2, 0.25) is 0 Å². The summed E-state index contributed by atoms with van der Waals surface area (Å²) in [6.07, 6.45) is 1.98. The summed E-state index contributed by atoms with van der Waals surface area (Å²) >= 11 is 3.60. The third-order valence-electron chi connectivity index (χ3n) is 4.35. The molecule has 112 valence electrons. The standard InChI is InChI=1S/C16H26BrN3/c1-4-15(18)9-13-5-6-14(17)10-16(13)20-8-7-19(3)12(2)11-20/h5-6,10,12,15H,4,7-9,11,18H2,1-3H3. The number of nitrogens with zero attached hydrogens (tertiary/aromatic N) is 2. The van der Waals surface area contributed by atoms with Gasteiger partial charge in [0.2, 0.25) is 0 Å². The van der Waals surface area contributed by atoms with Gasteiger partial charge in [-0.15, -0.1) is 0 Å². The molecule has 20 heavy (non-hydrogen) atoms. The summed E-state index contributed by atoms with van der Waals surface area (Å²) in [6.45, 7) is 7.74. The molecule has 0 spiro atoms. The fourth-order valence-corrected chi connectivity index (χ4v) is 3.05. The Morgan fingerprint density at radius 2 is 2.15 bits per heavy atom. The van der Waals surface area contributed by atoms with Gasteiger partial charge in [-0.3, -0.25) is 0 Å². The Hall–Kier alpha value is -0.580. The van der Waals surface area contributed by atoms with Gasteiger partial charge >= 0.3 is 0 Å². The smallest absolute Gasteiger partial charge is 0.0411 e. The monoisotopic (exact) mass is 339 g/mol. The van der Waals surface area contributed by atoms with Crippen LogP contribution in [-0.2, 0) is 6.42 Å². The van der Waals surface area contributed by atoms with Crippen molar-refractivity contribution in [2.45, 2.75) is 38.8 Å². The molecule has 0 aliphatic carbocycles. The minimum Gasteiger partial charge on any atom is -0.368 e. The Kier molecular flexibility index (Phi) is 5.47. The van der Waals surface area contributed by atoms with Crippen molar-refractivity contribution in [1.82, 2.24) is 4.90 Å². The van der Waals surface area contributed by atoms with Crippen molar-refractivity contribution in [3.05, 3.63) is 28.2 Å². The fraction of sp³-hybridized carbons (Fsp3) is 0.625. The van der Waals surface area contributed by atoms with E-state index in [4.69, 9.17) is 5.73 Å². The molecule has 2 atom stereocenters. The van der Waals surface area contributed by atoms with Crippen LogP contribution in [0, 0.1) is 0 Å². The van der Waals surface area contributed by atoms with Crippen LogP contribution >= 0.6 is 15.9 Å². The molecule has 2 N–H and O–H groups in total. The summed E-state index contributed by atoms with van der Waals surface area (Å²) in [5, 5.41) is 0. The number of likely N-dealkylation sites (N-methyl/N-ethyl adjacent to an activating group) is 1. The van der Waals surface area contributed by atoms with Gasteiger partial charge in [0.15, 0.2) is 0 Å². The summed E-state index contributed by atoms with van der Waals surface area (Å²) in [4.78, 5) is 4.93. The predicted molar refractivity (Wildman–Crippen MR) is 90.4 cm³/mol. The van der Waals surface area contributed by atoms with Crippen molar-refractivity contribution in [2.24, 2.45) is 5.73 Å². The number of piperazine rings is 1. The number of nitrogens with two attached hydrogens (primary N) is 1. The topological polar surface area (TPSA) is 32.5 Å².